The maximum atomic E-state index is 12.8. The number of nitrogens with two attached hydrogens (primary N) is 1. The first kappa shape index (κ1) is 24.5. The molecule has 0 bridgehead atoms. The monoisotopic (exact) mass is 483 g/mol. The van der Waals surface area contributed by atoms with Crippen molar-refractivity contribution in [3.8, 4) is 0 Å². The van der Waals surface area contributed by atoms with E-state index in [-0.39, 0.29) is 28.4 Å². The summed E-state index contributed by atoms with van der Waals surface area (Å²) in [7, 11) is -3.79. The molecule has 3 rings (SSSR count). The molecule has 0 saturated heterocycles. The molecule has 0 saturated carbocycles. The van der Waals surface area contributed by atoms with Crippen LogP contribution >= 0.6 is 11.8 Å². The van der Waals surface area contributed by atoms with Crippen LogP contribution in [-0.2, 0) is 26.0 Å². The molecule has 33 heavy (non-hydrogen) atoms. The first-order chi connectivity index (χ1) is 15.7. The Hall–Kier alpha value is -3.14. The van der Waals surface area contributed by atoms with Crippen molar-refractivity contribution in [2.75, 3.05) is 10.6 Å². The van der Waals surface area contributed by atoms with Crippen molar-refractivity contribution < 1.29 is 18.0 Å². The largest absolute Gasteiger partial charge is 0.326 e. The predicted molar refractivity (Wildman–Crippen MR) is 132 cm³/mol. The van der Waals surface area contributed by atoms with Gasteiger partial charge in [-0.05, 0) is 54.4 Å². The highest BCUT2D eigenvalue weighted by molar-refractivity contribution is 8.00. The van der Waals surface area contributed by atoms with Crippen LogP contribution in [0.2, 0.25) is 0 Å². The number of carbonyl (C=O) groups excluding carboxylic acids is 2. The van der Waals surface area contributed by atoms with E-state index in [0.29, 0.717) is 17.8 Å². The maximum Gasteiger partial charge on any atom is 0.238 e. The van der Waals surface area contributed by atoms with Gasteiger partial charge in [0.15, 0.2) is 0 Å². The van der Waals surface area contributed by atoms with Crippen LogP contribution in [0.25, 0.3) is 0 Å². The minimum atomic E-state index is -3.79. The van der Waals surface area contributed by atoms with Gasteiger partial charge in [0.05, 0.1) is 16.6 Å². The smallest absolute Gasteiger partial charge is 0.238 e. The quantitative estimate of drug-likeness (QED) is 0.397. The van der Waals surface area contributed by atoms with Crippen LogP contribution in [0.4, 0.5) is 11.4 Å². The molecule has 172 valence electrons. The number of sulfonamides is 1. The SMILES string of the molecule is CCC(Sc1cccc(NC(=O)Cc2ccccc2)c1)C(=O)Nc1ccc(S(N)(=O)=O)cc1. The second-order valence-corrected chi connectivity index (χ2v) is 10.1. The third-order valence-electron chi connectivity index (χ3n) is 4.72. The van der Waals surface area contributed by atoms with E-state index in [0.717, 1.165) is 10.5 Å². The minimum Gasteiger partial charge on any atom is -0.326 e. The highest BCUT2D eigenvalue weighted by Gasteiger charge is 2.19. The summed E-state index contributed by atoms with van der Waals surface area (Å²) in [5.74, 6) is -0.319. The first-order valence-corrected chi connectivity index (χ1v) is 12.7. The van der Waals surface area contributed by atoms with Crippen LogP contribution in [0.3, 0.4) is 0 Å². The molecule has 0 heterocycles. The number of anilines is 2. The van der Waals surface area contributed by atoms with Gasteiger partial charge >= 0.3 is 0 Å². The highest BCUT2D eigenvalue weighted by atomic mass is 32.2. The Morgan fingerprint density at radius 2 is 1.61 bits per heavy atom. The Kier molecular flexibility index (Phi) is 8.26. The average molecular weight is 484 g/mol. The summed E-state index contributed by atoms with van der Waals surface area (Å²) in [5.41, 5.74) is 2.07. The van der Waals surface area contributed by atoms with Crippen molar-refractivity contribution in [3.05, 3.63) is 84.4 Å². The van der Waals surface area contributed by atoms with E-state index < -0.39 is 10.0 Å². The van der Waals surface area contributed by atoms with Gasteiger partial charge < -0.3 is 10.6 Å². The van der Waals surface area contributed by atoms with Gasteiger partial charge in [0.1, 0.15) is 0 Å². The van der Waals surface area contributed by atoms with Crippen molar-refractivity contribution >= 4 is 45.0 Å². The topological polar surface area (TPSA) is 118 Å². The lowest BCUT2D eigenvalue weighted by Crippen LogP contribution is -2.24. The van der Waals surface area contributed by atoms with E-state index in [1.807, 2.05) is 55.5 Å². The second kappa shape index (κ2) is 11.1. The molecule has 0 aromatic heterocycles. The van der Waals surface area contributed by atoms with Crippen molar-refractivity contribution in [1.82, 2.24) is 0 Å². The van der Waals surface area contributed by atoms with Gasteiger partial charge in [0.25, 0.3) is 0 Å². The second-order valence-electron chi connectivity index (χ2n) is 7.31. The summed E-state index contributed by atoms with van der Waals surface area (Å²) in [6.45, 7) is 1.91. The number of nitrogens with one attached hydrogen (secondary N) is 2. The Morgan fingerprint density at radius 3 is 2.24 bits per heavy atom. The number of hydrogen-bond donors (Lipinski definition) is 3. The number of primary sulfonamides is 1. The number of amides is 2. The van der Waals surface area contributed by atoms with Gasteiger partial charge in [-0.3, -0.25) is 9.59 Å². The minimum absolute atomic E-state index is 0.0203. The van der Waals surface area contributed by atoms with E-state index in [1.165, 1.54) is 36.0 Å². The summed E-state index contributed by atoms with van der Waals surface area (Å²) in [6, 6.07) is 22.5. The molecular weight excluding hydrogens is 458 g/mol. The normalized spacial score (nSPS) is 12.1. The summed E-state index contributed by atoms with van der Waals surface area (Å²) in [4.78, 5) is 25.9. The van der Waals surface area contributed by atoms with Crippen LogP contribution < -0.4 is 15.8 Å². The molecule has 0 spiro atoms. The molecule has 7 nitrogen and oxygen atoms in total. The summed E-state index contributed by atoms with van der Waals surface area (Å²) >= 11 is 1.39. The van der Waals surface area contributed by atoms with E-state index in [1.54, 1.807) is 6.07 Å². The molecule has 0 aliphatic rings. The summed E-state index contributed by atoms with van der Waals surface area (Å²) in [5, 5.41) is 10.4. The Bertz CT molecular complexity index is 1210. The Labute approximate surface area is 197 Å². The van der Waals surface area contributed by atoms with Gasteiger partial charge in [-0.2, -0.15) is 0 Å². The highest BCUT2D eigenvalue weighted by Crippen LogP contribution is 2.28. The van der Waals surface area contributed by atoms with Crippen LogP contribution in [-0.4, -0.2) is 25.5 Å². The first-order valence-electron chi connectivity index (χ1n) is 10.3. The summed E-state index contributed by atoms with van der Waals surface area (Å²) < 4.78 is 22.7. The fourth-order valence-electron chi connectivity index (χ4n) is 3.07. The molecule has 0 aliphatic carbocycles. The van der Waals surface area contributed by atoms with Crippen LogP contribution in [0.1, 0.15) is 18.9 Å². The molecule has 1 atom stereocenters. The fraction of sp³-hybridized carbons (Fsp3) is 0.167. The third-order valence-corrected chi connectivity index (χ3v) is 7.00. The number of rotatable bonds is 9. The van der Waals surface area contributed by atoms with Crippen LogP contribution in [0, 0.1) is 0 Å². The number of thioether (sulfide) groups is 1. The third kappa shape index (κ3) is 7.45. The molecule has 9 heteroatoms. The number of benzene rings is 3. The molecule has 1 unspecified atom stereocenters. The van der Waals surface area contributed by atoms with Crippen molar-refractivity contribution in [1.29, 1.82) is 0 Å². The van der Waals surface area contributed by atoms with Gasteiger partial charge in [-0.25, -0.2) is 13.6 Å². The predicted octanol–water partition coefficient (Wildman–Crippen LogP) is 4.02. The molecule has 0 aliphatic heterocycles. The molecule has 3 aromatic carbocycles. The van der Waals surface area contributed by atoms with Crippen molar-refractivity contribution in [3.63, 3.8) is 0 Å². The number of carbonyl (C=O) groups is 2. The lowest BCUT2D eigenvalue weighted by molar-refractivity contribution is -0.116. The van der Waals surface area contributed by atoms with E-state index in [9.17, 15) is 18.0 Å². The molecular formula is C24H25N3O4S2. The zero-order chi connectivity index (χ0) is 23.8. The molecule has 3 aromatic rings. The van der Waals surface area contributed by atoms with Crippen molar-refractivity contribution in [2.45, 2.75) is 34.8 Å². The van der Waals surface area contributed by atoms with Gasteiger partial charge in [-0.1, -0.05) is 43.3 Å². The Balaban J connectivity index is 1.61. The lowest BCUT2D eigenvalue weighted by atomic mass is 10.1. The number of hydrogen-bond acceptors (Lipinski definition) is 5. The van der Waals surface area contributed by atoms with Crippen LogP contribution in [0.15, 0.2) is 88.7 Å². The standard InChI is InChI=1S/C24H25N3O4S2/c1-2-22(24(29)27-18-11-13-21(14-12-18)33(25,30)31)32-20-10-6-9-19(16-20)26-23(28)15-17-7-4-3-5-8-17/h3-14,16,22H,2,15H2,1H3,(H,26,28)(H,27,29)(H2,25,30,31). The van der Waals surface area contributed by atoms with Gasteiger partial charge in [0, 0.05) is 16.3 Å². The average Bonchev–Trinajstić information content (AvgIpc) is 2.78. The van der Waals surface area contributed by atoms with Gasteiger partial charge in [0.2, 0.25) is 21.8 Å². The van der Waals surface area contributed by atoms with Gasteiger partial charge in [-0.15, -0.1) is 11.8 Å². The zero-order valence-electron chi connectivity index (χ0n) is 18.0. The molecule has 0 fully saturated rings. The fourth-order valence-corrected chi connectivity index (χ4v) is 4.60. The lowest BCUT2D eigenvalue weighted by Gasteiger charge is -2.15. The van der Waals surface area contributed by atoms with E-state index >= 15 is 0 Å². The maximum absolute atomic E-state index is 12.8. The van der Waals surface area contributed by atoms with E-state index in [4.69, 9.17) is 5.14 Å². The van der Waals surface area contributed by atoms with E-state index in [2.05, 4.69) is 10.6 Å². The molecule has 4 N–H and O–H groups in total. The summed E-state index contributed by atoms with van der Waals surface area (Å²) in [6.07, 6.45) is 0.860. The zero-order valence-corrected chi connectivity index (χ0v) is 19.7. The van der Waals surface area contributed by atoms with Crippen molar-refractivity contribution in [2.24, 2.45) is 5.14 Å². The van der Waals surface area contributed by atoms with Crippen LogP contribution in [0.5, 0.6) is 0 Å². The molecule has 2 amide bonds. The Morgan fingerprint density at radius 1 is 0.909 bits per heavy atom. The molecule has 0 radical (unpaired) electrons.